The van der Waals surface area contributed by atoms with Crippen molar-refractivity contribution in [3.63, 3.8) is 0 Å². The Bertz CT molecular complexity index is 3530. The standard InChI is InChI=1S/C26H17Cl2N3O2.C22H14Cl2N4O.C7H9N/c27-20-10-5-11-21(28)24(20)25-30-22-13-12-16(14-23(22)31-25)26(32)29-17-6-4-9-19(15-17)33-18-7-2-1-3-8-18;1-12-5-7-15(9-14(12)11-25)26-22(29)13-6-8-18-19(10-13)28-21(27-18)20-16(23)3-2-4-17(20)24;1-6-3-2-4-7(8)5-6/h1-15H,(H,29,32)(H,30,31);2-10H,1H3,(H,26,29)(H,27,28);2-5H,8H2,1H3. The first-order chi connectivity index (χ1) is 33.8. The highest BCUT2D eigenvalue weighted by Gasteiger charge is 2.17. The fourth-order valence-electron chi connectivity index (χ4n) is 7.15. The van der Waals surface area contributed by atoms with Gasteiger partial charge in [0.25, 0.3) is 11.8 Å². The van der Waals surface area contributed by atoms with Crippen LogP contribution in [0.1, 0.15) is 37.4 Å². The monoisotopic (exact) mass is 1000 g/mol. The molecule has 0 bridgehead atoms. The minimum Gasteiger partial charge on any atom is -0.457 e. The van der Waals surface area contributed by atoms with Gasteiger partial charge in [0.2, 0.25) is 0 Å². The maximum absolute atomic E-state index is 12.9. The number of halogens is 4. The van der Waals surface area contributed by atoms with Crippen LogP contribution in [0.4, 0.5) is 17.1 Å². The number of aromatic amines is 2. The smallest absolute Gasteiger partial charge is 0.255 e. The number of para-hydroxylation sites is 1. The summed E-state index contributed by atoms with van der Waals surface area (Å²) in [6, 6.07) is 52.8. The molecule has 0 unspecified atom stereocenters. The second kappa shape index (κ2) is 21.9. The first-order valence-electron chi connectivity index (χ1n) is 21.5. The molecular formula is C55H40Cl4N8O3. The van der Waals surface area contributed by atoms with Gasteiger partial charge in [-0.3, -0.25) is 9.59 Å². The summed E-state index contributed by atoms with van der Waals surface area (Å²) in [5, 5.41) is 16.9. The Balaban J connectivity index is 0.000000163. The van der Waals surface area contributed by atoms with Gasteiger partial charge in [-0.2, -0.15) is 5.26 Å². The number of ether oxygens (including phenoxy) is 1. The molecule has 11 nitrogen and oxygen atoms in total. The van der Waals surface area contributed by atoms with Crippen molar-refractivity contribution in [2.45, 2.75) is 13.8 Å². The zero-order chi connectivity index (χ0) is 49.3. The summed E-state index contributed by atoms with van der Waals surface area (Å²) < 4.78 is 5.84. The molecule has 6 N–H and O–H groups in total. The molecule has 0 aliphatic heterocycles. The SMILES string of the molecule is Cc1ccc(NC(=O)c2ccc3nc(-c4c(Cl)cccc4Cl)[nH]c3c2)cc1C#N.Cc1cccc(N)c1.O=C(Nc1cccc(Oc2ccccc2)c1)c1ccc2nc(-c3c(Cl)cccc3Cl)[nH]c2c1. The quantitative estimate of drug-likeness (QED) is 0.0942. The number of fused-ring (bicyclic) bond motifs is 2. The summed E-state index contributed by atoms with van der Waals surface area (Å²) in [7, 11) is 0. The predicted molar refractivity (Wildman–Crippen MR) is 283 cm³/mol. The Morgan fingerprint density at radius 3 is 1.56 bits per heavy atom. The number of nitrogens with zero attached hydrogens (tertiary/aromatic N) is 3. The summed E-state index contributed by atoms with van der Waals surface area (Å²) >= 11 is 25.2. The van der Waals surface area contributed by atoms with Crippen molar-refractivity contribution in [2.75, 3.05) is 16.4 Å². The maximum Gasteiger partial charge on any atom is 0.255 e. The van der Waals surface area contributed by atoms with Gasteiger partial charge in [-0.1, -0.05) is 101 Å². The number of imidazole rings is 2. The van der Waals surface area contributed by atoms with Gasteiger partial charge in [0, 0.05) is 34.3 Å². The Labute approximate surface area is 422 Å². The van der Waals surface area contributed by atoms with Crippen molar-refractivity contribution in [2.24, 2.45) is 0 Å². The van der Waals surface area contributed by atoms with E-state index in [0.29, 0.717) is 98.7 Å². The third kappa shape index (κ3) is 11.8. The lowest BCUT2D eigenvalue weighted by atomic mass is 10.1. The zero-order valence-electron chi connectivity index (χ0n) is 37.3. The van der Waals surface area contributed by atoms with E-state index in [-0.39, 0.29) is 11.8 Å². The number of aryl methyl sites for hydroxylation is 2. The van der Waals surface area contributed by atoms with Crippen molar-refractivity contribution in [3.05, 3.63) is 218 Å². The Morgan fingerprint density at radius 2 is 1.06 bits per heavy atom. The molecule has 15 heteroatoms. The van der Waals surface area contributed by atoms with Gasteiger partial charge in [0.05, 0.1) is 64.9 Å². The van der Waals surface area contributed by atoms with Gasteiger partial charge in [0.15, 0.2) is 0 Å². The topological polar surface area (TPSA) is 175 Å². The first-order valence-corrected chi connectivity index (χ1v) is 23.0. The highest BCUT2D eigenvalue weighted by Crippen LogP contribution is 2.36. The number of benzene rings is 8. The summed E-state index contributed by atoms with van der Waals surface area (Å²) in [4.78, 5) is 41.0. The van der Waals surface area contributed by atoms with E-state index in [0.717, 1.165) is 17.0 Å². The van der Waals surface area contributed by atoms with Crippen LogP contribution in [0.3, 0.4) is 0 Å². The lowest BCUT2D eigenvalue weighted by Crippen LogP contribution is -2.12. The fraction of sp³-hybridized carbons (Fsp3) is 0.0364. The molecule has 0 saturated heterocycles. The molecule has 0 atom stereocenters. The molecule has 0 spiro atoms. The predicted octanol–water partition coefficient (Wildman–Crippen LogP) is 15.1. The lowest BCUT2D eigenvalue weighted by Gasteiger charge is -2.09. The van der Waals surface area contributed by atoms with Gasteiger partial charge in [-0.05, 0) is 134 Å². The minimum atomic E-state index is -0.286. The zero-order valence-corrected chi connectivity index (χ0v) is 40.3. The largest absolute Gasteiger partial charge is 0.457 e. The third-order valence-corrected chi connectivity index (χ3v) is 11.9. The van der Waals surface area contributed by atoms with Crippen LogP contribution >= 0.6 is 46.4 Å². The molecule has 10 aromatic rings. The van der Waals surface area contributed by atoms with E-state index in [4.69, 9.17) is 62.1 Å². The maximum atomic E-state index is 12.9. The molecule has 0 aliphatic carbocycles. The van der Waals surface area contributed by atoms with Gasteiger partial charge < -0.3 is 31.1 Å². The van der Waals surface area contributed by atoms with Crippen LogP contribution in [0.25, 0.3) is 44.8 Å². The summed E-state index contributed by atoms with van der Waals surface area (Å²) in [6.07, 6.45) is 0. The van der Waals surface area contributed by atoms with E-state index in [1.807, 2.05) is 86.6 Å². The van der Waals surface area contributed by atoms with Crippen molar-refractivity contribution in [1.82, 2.24) is 19.9 Å². The van der Waals surface area contributed by atoms with Crippen LogP contribution in [0.15, 0.2) is 170 Å². The van der Waals surface area contributed by atoms with Crippen LogP contribution in [0.2, 0.25) is 20.1 Å². The molecule has 2 aromatic heterocycles. The summed E-state index contributed by atoms with van der Waals surface area (Å²) in [5.41, 5.74) is 15.0. The molecule has 0 fully saturated rings. The minimum absolute atomic E-state index is 0.249. The third-order valence-electron chi connectivity index (χ3n) is 10.6. The van der Waals surface area contributed by atoms with E-state index in [1.54, 1.807) is 97.1 Å². The van der Waals surface area contributed by atoms with Crippen molar-refractivity contribution >= 4 is 97.3 Å². The molecule has 2 amide bonds. The van der Waals surface area contributed by atoms with E-state index in [9.17, 15) is 9.59 Å². The van der Waals surface area contributed by atoms with E-state index < -0.39 is 0 Å². The van der Waals surface area contributed by atoms with E-state index in [1.165, 1.54) is 5.56 Å². The number of nitriles is 1. The summed E-state index contributed by atoms with van der Waals surface area (Å²) in [5.74, 6) is 1.89. The van der Waals surface area contributed by atoms with Crippen LogP contribution in [0, 0.1) is 25.2 Å². The fourth-order valence-corrected chi connectivity index (χ4v) is 8.30. The van der Waals surface area contributed by atoms with Crippen LogP contribution in [0.5, 0.6) is 11.5 Å². The normalized spacial score (nSPS) is 10.6. The Morgan fingerprint density at radius 1 is 0.557 bits per heavy atom. The van der Waals surface area contributed by atoms with Crippen LogP contribution in [-0.2, 0) is 0 Å². The van der Waals surface area contributed by atoms with Crippen molar-refractivity contribution in [1.29, 1.82) is 5.26 Å². The molecular weight excluding hydrogens is 962 g/mol. The van der Waals surface area contributed by atoms with Crippen molar-refractivity contribution < 1.29 is 14.3 Å². The van der Waals surface area contributed by atoms with Gasteiger partial charge in [0.1, 0.15) is 23.1 Å². The lowest BCUT2D eigenvalue weighted by molar-refractivity contribution is 0.101. The van der Waals surface area contributed by atoms with Crippen LogP contribution in [-0.4, -0.2) is 31.8 Å². The number of hydrogen-bond donors (Lipinski definition) is 5. The van der Waals surface area contributed by atoms with E-state index >= 15 is 0 Å². The molecule has 346 valence electrons. The van der Waals surface area contributed by atoms with E-state index in [2.05, 4.69) is 36.6 Å². The average molecular weight is 1000 g/mol. The number of carbonyl (C=O) groups is 2. The highest BCUT2D eigenvalue weighted by atomic mass is 35.5. The number of nitrogen functional groups attached to an aromatic ring is 1. The number of H-pyrrole nitrogens is 2. The summed E-state index contributed by atoms with van der Waals surface area (Å²) in [6.45, 7) is 3.87. The number of nitrogens with two attached hydrogens (primary N) is 1. The van der Waals surface area contributed by atoms with Gasteiger partial charge >= 0.3 is 0 Å². The second-order valence-electron chi connectivity index (χ2n) is 15.7. The highest BCUT2D eigenvalue weighted by molar-refractivity contribution is 6.39. The van der Waals surface area contributed by atoms with Crippen molar-refractivity contribution in [3.8, 4) is 40.3 Å². The average Bonchev–Trinajstić information content (AvgIpc) is 3.96. The number of rotatable bonds is 8. The molecule has 8 aromatic carbocycles. The number of hydrogen-bond acceptors (Lipinski definition) is 7. The molecule has 10 rings (SSSR count). The van der Waals surface area contributed by atoms with Gasteiger partial charge in [-0.25, -0.2) is 9.97 Å². The Kier molecular flexibility index (Phi) is 15.1. The number of nitrogens with one attached hydrogen (secondary N) is 4. The first kappa shape index (κ1) is 48.4. The number of aromatic nitrogens is 4. The van der Waals surface area contributed by atoms with Crippen LogP contribution < -0.4 is 21.1 Å². The molecule has 0 saturated carbocycles. The number of amides is 2. The second-order valence-corrected chi connectivity index (χ2v) is 17.4. The molecule has 0 radical (unpaired) electrons. The van der Waals surface area contributed by atoms with Gasteiger partial charge in [-0.15, -0.1) is 0 Å². The Hall–Kier alpha value is -8.11. The molecule has 2 heterocycles. The molecule has 70 heavy (non-hydrogen) atoms. The number of anilines is 3. The molecule has 0 aliphatic rings. The number of carbonyl (C=O) groups excluding carboxylic acids is 2.